The Morgan fingerprint density at radius 3 is 1.46 bits per heavy atom. The van der Waals surface area contributed by atoms with Crippen molar-refractivity contribution in [3.05, 3.63) is 206 Å². The molecule has 0 spiro atoms. The summed E-state index contributed by atoms with van der Waals surface area (Å²) in [4.78, 5) is 31.2. The number of aryl methyl sites for hydroxylation is 5. The molecule has 0 radical (unpaired) electrons. The van der Waals surface area contributed by atoms with Crippen LogP contribution < -0.4 is 9.47 Å². The first-order valence-electron chi connectivity index (χ1n) is 20.2. The number of aliphatic carboxylic acids is 1. The van der Waals surface area contributed by atoms with Crippen molar-refractivity contribution in [1.29, 1.82) is 0 Å². The van der Waals surface area contributed by atoms with Crippen LogP contribution in [0, 0.1) is 27.7 Å². The van der Waals surface area contributed by atoms with Crippen molar-refractivity contribution in [3.63, 3.8) is 0 Å². The number of methoxy groups -OCH3 is 2. The first-order valence-corrected chi connectivity index (χ1v) is 21.8. The zero-order chi connectivity index (χ0) is 48.1. The van der Waals surface area contributed by atoms with Crippen molar-refractivity contribution in [1.82, 2.24) is 0 Å². The van der Waals surface area contributed by atoms with Crippen molar-refractivity contribution in [2.45, 2.75) is 53.8 Å². The number of phenols is 2. The van der Waals surface area contributed by atoms with Gasteiger partial charge in [0.05, 0.1) is 14.2 Å². The van der Waals surface area contributed by atoms with Gasteiger partial charge in [-0.05, 0) is 145 Å². The molecule has 0 bridgehead atoms. The molecule has 12 heteroatoms. The number of carbonyl (C=O) groups is 3. The lowest BCUT2D eigenvalue weighted by molar-refractivity contribution is -0.137. The minimum absolute atomic E-state index is 0.131. The topological polar surface area (TPSA) is 149 Å². The maximum atomic E-state index is 11.1. The SMILES string of the molecule is C=CC(=O)OC.COC(=O)/C=C/c1ccc(OCc2ccccc2)cc1C.Cc1cc(O)ccc1Br.Cc1cc(O)ccc1CCC(=O)O.Cc1cc(OCc2ccccc2)ccc1Br. The largest absolute Gasteiger partial charge is 0.508 e. The molecule has 10 nitrogen and oxygen atoms in total. The summed E-state index contributed by atoms with van der Waals surface area (Å²) >= 11 is 6.79. The van der Waals surface area contributed by atoms with Crippen LogP contribution in [0.4, 0.5) is 0 Å². The second-order valence-corrected chi connectivity index (χ2v) is 15.7. The van der Waals surface area contributed by atoms with Gasteiger partial charge in [-0.15, -0.1) is 0 Å². The quantitative estimate of drug-likeness (QED) is 0.0799. The van der Waals surface area contributed by atoms with Gasteiger partial charge in [0.1, 0.15) is 36.2 Å². The van der Waals surface area contributed by atoms with Gasteiger partial charge in [-0.25, -0.2) is 9.59 Å². The lowest BCUT2D eigenvalue weighted by atomic mass is 10.0. The Balaban J connectivity index is 0.000000295. The molecule has 0 atom stereocenters. The van der Waals surface area contributed by atoms with E-state index in [-0.39, 0.29) is 18.1 Å². The molecule has 0 aliphatic rings. The van der Waals surface area contributed by atoms with Crippen molar-refractivity contribution in [3.8, 4) is 23.0 Å². The second-order valence-electron chi connectivity index (χ2n) is 14.0. The summed E-state index contributed by atoms with van der Waals surface area (Å²) in [6.45, 7) is 12.1. The number of ether oxygens (including phenoxy) is 4. The molecular weight excluding hydrogens is 956 g/mol. The molecule has 0 fully saturated rings. The standard InChI is InChI=1S/C18H18O3.C14H13BrO.C10H12O3.C7H7BrO.C4H6O2/c1-14-12-17(21-13-15-6-4-3-5-7-15)10-8-16(14)9-11-18(19)20-2;1-11-9-13(7-8-14(11)15)16-10-12-5-3-2-4-6-12;1-7-6-9(11)4-2-8(7)3-5-10(12)13;1-5-4-6(9)2-3-7(5)8;1-3-4(5)6-2/h3-12H,13H2,1-2H3;2-9H,10H2,1H3;2,4,6,11H,3,5H2,1H3,(H,12,13);2-4,9H,1H3;3H,1H2,2H3/b11-9+;;;;. The Hall–Kier alpha value is -6.63. The van der Waals surface area contributed by atoms with Gasteiger partial charge in [-0.3, -0.25) is 4.79 Å². The van der Waals surface area contributed by atoms with Gasteiger partial charge < -0.3 is 34.3 Å². The van der Waals surface area contributed by atoms with E-state index in [1.54, 1.807) is 36.4 Å². The maximum Gasteiger partial charge on any atom is 0.330 e. The minimum Gasteiger partial charge on any atom is -0.508 e. The van der Waals surface area contributed by atoms with Crippen LogP contribution in [0.1, 0.15) is 50.9 Å². The fraction of sp³-hybridized carbons (Fsp3) is 0.189. The molecule has 0 aliphatic heterocycles. The molecule has 3 N–H and O–H groups in total. The Morgan fingerprint density at radius 2 is 1.05 bits per heavy atom. The first kappa shape index (κ1) is 54.5. The van der Waals surface area contributed by atoms with Gasteiger partial charge in [0, 0.05) is 27.5 Å². The molecule has 0 heterocycles. The first-order chi connectivity index (χ1) is 31.0. The number of carboxylic acid groups (broad SMARTS) is 1. The minimum atomic E-state index is -0.799. The Morgan fingerprint density at radius 1 is 0.585 bits per heavy atom. The number of halogens is 2. The zero-order valence-electron chi connectivity index (χ0n) is 37.4. The molecule has 65 heavy (non-hydrogen) atoms. The molecule has 0 saturated heterocycles. The van der Waals surface area contributed by atoms with E-state index in [1.807, 2.05) is 112 Å². The Kier molecular flexibility index (Phi) is 25.5. The predicted molar refractivity (Wildman–Crippen MR) is 264 cm³/mol. The lowest BCUT2D eigenvalue weighted by Gasteiger charge is -2.08. The van der Waals surface area contributed by atoms with E-state index in [1.165, 1.54) is 31.4 Å². The summed E-state index contributed by atoms with van der Waals surface area (Å²) in [5.41, 5.74) is 8.46. The van der Waals surface area contributed by atoms with E-state index in [9.17, 15) is 14.4 Å². The third-order valence-electron chi connectivity index (χ3n) is 8.91. The van der Waals surface area contributed by atoms with Crippen molar-refractivity contribution < 1.29 is 48.7 Å². The Bertz CT molecular complexity index is 2430. The normalized spacial score (nSPS) is 9.85. The highest BCUT2D eigenvalue weighted by Gasteiger charge is 2.04. The van der Waals surface area contributed by atoms with Crippen LogP contribution in [-0.2, 0) is 43.5 Å². The molecule has 342 valence electrons. The molecule has 0 aliphatic carbocycles. The molecule has 0 amide bonds. The molecule has 0 unspecified atom stereocenters. The van der Waals surface area contributed by atoms with Crippen LogP contribution >= 0.6 is 31.9 Å². The number of carboxylic acids is 1. The number of esters is 2. The average molecular weight is 1010 g/mol. The third-order valence-corrected chi connectivity index (χ3v) is 10.7. The highest BCUT2D eigenvalue weighted by Crippen LogP contribution is 2.23. The molecule has 6 aromatic carbocycles. The monoisotopic (exact) mass is 1010 g/mol. The zero-order valence-corrected chi connectivity index (χ0v) is 40.6. The molecule has 6 aromatic rings. The number of phenolic OH excluding ortho intramolecular Hbond substituents is 2. The van der Waals surface area contributed by atoms with E-state index in [4.69, 9.17) is 24.8 Å². The van der Waals surface area contributed by atoms with E-state index >= 15 is 0 Å². The van der Waals surface area contributed by atoms with Crippen LogP contribution in [0.15, 0.2) is 161 Å². The van der Waals surface area contributed by atoms with E-state index in [0.29, 0.717) is 25.4 Å². The summed E-state index contributed by atoms with van der Waals surface area (Å²) in [5, 5.41) is 26.5. The van der Waals surface area contributed by atoms with Crippen molar-refractivity contribution in [2.75, 3.05) is 14.2 Å². The average Bonchev–Trinajstić information content (AvgIpc) is 3.30. The third kappa shape index (κ3) is 23.0. The van der Waals surface area contributed by atoms with Crippen molar-refractivity contribution >= 4 is 55.8 Å². The number of hydrogen-bond donors (Lipinski definition) is 3. The van der Waals surface area contributed by atoms with E-state index in [0.717, 1.165) is 59.9 Å². The number of rotatable bonds is 12. The van der Waals surface area contributed by atoms with Gasteiger partial charge in [-0.2, -0.15) is 0 Å². The highest BCUT2D eigenvalue weighted by atomic mass is 79.9. The summed E-state index contributed by atoms with van der Waals surface area (Å²) in [5.74, 6) is 0.699. The van der Waals surface area contributed by atoms with Crippen molar-refractivity contribution in [2.24, 2.45) is 0 Å². The van der Waals surface area contributed by atoms with Gasteiger partial charge in [0.15, 0.2) is 0 Å². The smallest absolute Gasteiger partial charge is 0.330 e. The van der Waals surface area contributed by atoms with Gasteiger partial charge >= 0.3 is 17.9 Å². The Labute approximate surface area is 399 Å². The fourth-order valence-electron chi connectivity index (χ4n) is 5.25. The number of aromatic hydroxyl groups is 2. The van der Waals surface area contributed by atoms with Gasteiger partial charge in [0.25, 0.3) is 0 Å². The van der Waals surface area contributed by atoms with Crippen LogP contribution in [0.3, 0.4) is 0 Å². The van der Waals surface area contributed by atoms with Gasteiger partial charge in [0.2, 0.25) is 0 Å². The highest BCUT2D eigenvalue weighted by molar-refractivity contribution is 9.10. The molecule has 0 saturated carbocycles. The lowest BCUT2D eigenvalue weighted by Crippen LogP contribution is -1.98. The van der Waals surface area contributed by atoms with Crippen LogP contribution in [0.2, 0.25) is 0 Å². The summed E-state index contributed by atoms with van der Waals surface area (Å²) < 4.78 is 22.3. The van der Waals surface area contributed by atoms with E-state index in [2.05, 4.69) is 67.0 Å². The van der Waals surface area contributed by atoms with E-state index < -0.39 is 11.9 Å². The summed E-state index contributed by atoms with van der Waals surface area (Å²) in [6, 6.07) is 42.1. The number of benzene rings is 6. The van der Waals surface area contributed by atoms with Gasteiger partial charge in [-0.1, -0.05) is 111 Å². The predicted octanol–water partition coefficient (Wildman–Crippen LogP) is 12.6. The van der Waals surface area contributed by atoms with Crippen LogP contribution in [0.5, 0.6) is 23.0 Å². The number of hydrogen-bond acceptors (Lipinski definition) is 9. The second kappa shape index (κ2) is 30.5. The summed E-state index contributed by atoms with van der Waals surface area (Å²) in [7, 11) is 2.67. The molecule has 0 aromatic heterocycles. The summed E-state index contributed by atoms with van der Waals surface area (Å²) in [6.07, 6.45) is 4.90. The fourth-order valence-corrected chi connectivity index (χ4v) is 5.75. The van der Waals surface area contributed by atoms with Crippen LogP contribution in [-0.4, -0.2) is 47.4 Å². The molecule has 6 rings (SSSR count). The number of carbonyl (C=O) groups excluding carboxylic acids is 2. The van der Waals surface area contributed by atoms with Crippen LogP contribution in [0.25, 0.3) is 6.08 Å². The molecular formula is C53H56Br2O10. The maximum absolute atomic E-state index is 11.1.